The SMILES string of the molecule is CC=CCN(c1ccccc1C=C(SC)SC)c1c(Cl)cccc1Cl. The zero-order valence-electron chi connectivity index (χ0n) is 14.5. The van der Waals surface area contributed by atoms with E-state index in [0.29, 0.717) is 16.6 Å². The molecule has 132 valence electrons. The van der Waals surface area contributed by atoms with Crippen molar-refractivity contribution in [3.8, 4) is 0 Å². The second-order valence-electron chi connectivity index (χ2n) is 5.18. The molecule has 0 radical (unpaired) electrons. The van der Waals surface area contributed by atoms with Crippen LogP contribution in [-0.2, 0) is 0 Å². The lowest BCUT2D eigenvalue weighted by atomic mass is 10.1. The van der Waals surface area contributed by atoms with Crippen LogP contribution in [0.2, 0.25) is 10.0 Å². The molecule has 0 bridgehead atoms. The third-order valence-corrected chi connectivity index (χ3v) is 6.28. The van der Waals surface area contributed by atoms with Crippen LogP contribution in [0.1, 0.15) is 12.5 Å². The highest BCUT2D eigenvalue weighted by Crippen LogP contribution is 2.40. The molecule has 0 saturated carbocycles. The van der Waals surface area contributed by atoms with Crippen molar-refractivity contribution in [3.63, 3.8) is 0 Å². The molecule has 2 aromatic rings. The Morgan fingerprint density at radius 3 is 2.24 bits per heavy atom. The number of hydrogen-bond donors (Lipinski definition) is 0. The highest BCUT2D eigenvalue weighted by molar-refractivity contribution is 8.21. The second-order valence-corrected chi connectivity index (χ2v) is 7.95. The van der Waals surface area contributed by atoms with Gasteiger partial charge in [-0.05, 0) is 49.3 Å². The highest BCUT2D eigenvalue weighted by atomic mass is 35.5. The van der Waals surface area contributed by atoms with Gasteiger partial charge in [0.2, 0.25) is 0 Å². The Kier molecular flexibility index (Phi) is 8.31. The van der Waals surface area contributed by atoms with E-state index in [9.17, 15) is 0 Å². The minimum absolute atomic E-state index is 0.644. The maximum Gasteiger partial charge on any atom is 0.0792 e. The van der Waals surface area contributed by atoms with E-state index >= 15 is 0 Å². The molecule has 0 amide bonds. The summed E-state index contributed by atoms with van der Waals surface area (Å²) in [5.41, 5.74) is 3.05. The lowest BCUT2D eigenvalue weighted by Crippen LogP contribution is -2.18. The topological polar surface area (TPSA) is 3.24 Å². The van der Waals surface area contributed by atoms with Crippen molar-refractivity contribution in [1.29, 1.82) is 0 Å². The molecule has 2 aromatic carbocycles. The average molecular weight is 410 g/mol. The van der Waals surface area contributed by atoms with Crippen LogP contribution in [0.15, 0.2) is 58.9 Å². The first-order valence-corrected chi connectivity index (χ1v) is 11.0. The fourth-order valence-electron chi connectivity index (χ4n) is 2.45. The molecule has 0 heterocycles. The van der Waals surface area contributed by atoms with E-state index in [1.807, 2.05) is 37.3 Å². The van der Waals surface area contributed by atoms with Crippen molar-refractivity contribution in [3.05, 3.63) is 74.5 Å². The normalized spacial score (nSPS) is 10.9. The molecule has 25 heavy (non-hydrogen) atoms. The van der Waals surface area contributed by atoms with Gasteiger partial charge in [-0.15, -0.1) is 23.5 Å². The summed E-state index contributed by atoms with van der Waals surface area (Å²) in [6.07, 6.45) is 10.5. The predicted molar refractivity (Wildman–Crippen MR) is 120 cm³/mol. The first-order chi connectivity index (χ1) is 12.1. The van der Waals surface area contributed by atoms with E-state index in [0.717, 1.165) is 16.9 Å². The molecule has 0 aliphatic carbocycles. The van der Waals surface area contributed by atoms with Crippen LogP contribution in [0.3, 0.4) is 0 Å². The van der Waals surface area contributed by atoms with Crippen LogP contribution in [0, 0.1) is 0 Å². The van der Waals surface area contributed by atoms with Gasteiger partial charge in [-0.1, -0.05) is 59.6 Å². The molecule has 1 nitrogen and oxygen atoms in total. The summed E-state index contributed by atoms with van der Waals surface area (Å²) in [6, 6.07) is 13.9. The van der Waals surface area contributed by atoms with Crippen molar-refractivity contribution < 1.29 is 0 Å². The van der Waals surface area contributed by atoms with Gasteiger partial charge >= 0.3 is 0 Å². The van der Waals surface area contributed by atoms with Crippen LogP contribution >= 0.6 is 46.7 Å². The molecule has 0 unspecified atom stereocenters. The summed E-state index contributed by atoms with van der Waals surface area (Å²) < 4.78 is 1.25. The van der Waals surface area contributed by atoms with Gasteiger partial charge in [0.25, 0.3) is 0 Å². The molecule has 0 fully saturated rings. The smallest absolute Gasteiger partial charge is 0.0792 e. The molecule has 0 saturated heterocycles. The lowest BCUT2D eigenvalue weighted by Gasteiger charge is -2.27. The van der Waals surface area contributed by atoms with Crippen molar-refractivity contribution in [2.24, 2.45) is 0 Å². The molecule has 2 rings (SSSR count). The summed E-state index contributed by atoms with van der Waals surface area (Å²) in [4.78, 5) is 2.16. The number of anilines is 2. The molecule has 0 aromatic heterocycles. The molecular formula is C20H21Cl2NS2. The van der Waals surface area contributed by atoms with E-state index in [1.165, 1.54) is 4.24 Å². The molecule has 0 atom stereocenters. The maximum atomic E-state index is 6.49. The van der Waals surface area contributed by atoms with Crippen LogP contribution in [-0.4, -0.2) is 19.1 Å². The number of nitrogens with zero attached hydrogens (tertiary/aromatic N) is 1. The standard InChI is InChI=1S/C20H21Cl2NS2/c1-4-5-13-23(20-16(21)10-8-11-17(20)22)18-12-7-6-9-15(18)14-19(24-2)25-3/h4-12,14H,13H2,1-3H3. The molecule has 0 aliphatic rings. The summed E-state index contributed by atoms with van der Waals surface area (Å²) in [5.74, 6) is 0. The maximum absolute atomic E-state index is 6.49. The molecule has 0 aliphatic heterocycles. The van der Waals surface area contributed by atoms with Crippen LogP contribution in [0.5, 0.6) is 0 Å². The van der Waals surface area contributed by atoms with Gasteiger partial charge in [-0.3, -0.25) is 0 Å². The summed E-state index contributed by atoms with van der Waals surface area (Å²) in [5, 5.41) is 1.29. The van der Waals surface area contributed by atoms with Gasteiger partial charge in [0.05, 0.1) is 15.7 Å². The summed E-state index contributed by atoms with van der Waals surface area (Å²) in [6.45, 7) is 2.70. The van der Waals surface area contributed by atoms with E-state index in [2.05, 4.69) is 47.8 Å². The third kappa shape index (κ3) is 5.24. The first kappa shape index (κ1) is 20.3. The van der Waals surface area contributed by atoms with E-state index in [4.69, 9.17) is 23.2 Å². The van der Waals surface area contributed by atoms with Gasteiger partial charge in [0, 0.05) is 16.5 Å². The first-order valence-electron chi connectivity index (χ1n) is 7.83. The Labute approximate surface area is 169 Å². The molecule has 0 N–H and O–H groups in total. The molecule has 0 spiro atoms. The van der Waals surface area contributed by atoms with E-state index < -0.39 is 0 Å². The predicted octanol–water partition coefficient (Wildman–Crippen LogP) is 7.73. The summed E-state index contributed by atoms with van der Waals surface area (Å²) in [7, 11) is 0. The quantitative estimate of drug-likeness (QED) is 0.430. The average Bonchev–Trinajstić information content (AvgIpc) is 2.62. The largest absolute Gasteiger partial charge is 0.335 e. The highest BCUT2D eigenvalue weighted by Gasteiger charge is 2.17. The zero-order valence-corrected chi connectivity index (χ0v) is 17.6. The van der Waals surface area contributed by atoms with Crippen molar-refractivity contribution in [2.45, 2.75) is 6.92 Å². The Bertz CT molecular complexity index is 746. The Balaban J connectivity index is 2.62. The molecule has 5 heteroatoms. The van der Waals surface area contributed by atoms with Gasteiger partial charge in [-0.25, -0.2) is 0 Å². The minimum atomic E-state index is 0.644. The van der Waals surface area contributed by atoms with Crippen molar-refractivity contribution in [2.75, 3.05) is 24.0 Å². The van der Waals surface area contributed by atoms with Crippen LogP contribution in [0.4, 0.5) is 11.4 Å². The number of thioether (sulfide) groups is 2. The third-order valence-electron chi connectivity index (χ3n) is 3.63. The van der Waals surface area contributed by atoms with E-state index in [-0.39, 0.29) is 0 Å². The number of para-hydroxylation sites is 2. The van der Waals surface area contributed by atoms with Crippen LogP contribution < -0.4 is 4.90 Å². The number of hydrogen-bond acceptors (Lipinski definition) is 3. The number of rotatable bonds is 7. The van der Waals surface area contributed by atoms with Crippen molar-refractivity contribution in [1.82, 2.24) is 0 Å². The van der Waals surface area contributed by atoms with Gasteiger partial charge in [0.15, 0.2) is 0 Å². The van der Waals surface area contributed by atoms with Crippen molar-refractivity contribution >= 4 is 64.2 Å². The van der Waals surface area contributed by atoms with Gasteiger partial charge < -0.3 is 4.90 Å². The number of halogens is 2. The number of benzene rings is 2. The van der Waals surface area contributed by atoms with E-state index in [1.54, 1.807) is 23.5 Å². The Hall–Kier alpha value is -1.00. The fraction of sp³-hybridized carbons (Fsp3) is 0.200. The van der Waals surface area contributed by atoms with Gasteiger partial charge in [0.1, 0.15) is 0 Å². The Morgan fingerprint density at radius 1 is 1.00 bits per heavy atom. The molecular weight excluding hydrogens is 389 g/mol. The fourth-order valence-corrected chi connectivity index (χ4v) is 4.21. The minimum Gasteiger partial charge on any atom is -0.335 e. The van der Waals surface area contributed by atoms with Gasteiger partial charge in [-0.2, -0.15) is 0 Å². The zero-order chi connectivity index (χ0) is 18.2. The van der Waals surface area contributed by atoms with Crippen LogP contribution in [0.25, 0.3) is 6.08 Å². The lowest BCUT2D eigenvalue weighted by molar-refractivity contribution is 1.09. The number of allylic oxidation sites excluding steroid dienone is 1. The monoisotopic (exact) mass is 409 g/mol. The second kappa shape index (κ2) is 10.2. The Morgan fingerprint density at radius 2 is 1.64 bits per heavy atom. The summed E-state index contributed by atoms with van der Waals surface area (Å²) >= 11 is 16.5.